The molecule has 0 amide bonds. The van der Waals surface area contributed by atoms with E-state index in [0.29, 0.717) is 0 Å². The molecule has 0 aliphatic rings. The zero-order valence-electron chi connectivity index (χ0n) is 11.4. The Hall–Kier alpha value is 0.620. The Balaban J connectivity index is 3.26. The third-order valence-corrected chi connectivity index (χ3v) is 5.22. The van der Waals surface area contributed by atoms with Crippen LogP contribution in [0.2, 0.25) is 0 Å². The Labute approximate surface area is 110 Å². The minimum atomic E-state index is 1.18. The van der Waals surface area contributed by atoms with E-state index < -0.39 is 0 Å². The highest BCUT2D eigenvalue weighted by Crippen LogP contribution is 2.20. The van der Waals surface area contributed by atoms with E-state index in [1.807, 2.05) is 21.6 Å². The molecule has 4 heteroatoms. The van der Waals surface area contributed by atoms with Gasteiger partial charge in [-0.15, -0.1) is 0 Å². The quantitative estimate of drug-likeness (QED) is 0.324. The molecular weight excluding hydrogens is 244 g/mol. The van der Waals surface area contributed by atoms with Crippen LogP contribution < -0.4 is 0 Å². The van der Waals surface area contributed by atoms with E-state index in [1.165, 1.54) is 50.8 Å². The minimum absolute atomic E-state index is 1.18. The molecule has 0 unspecified atom stereocenters. The molecule has 0 N–H and O–H groups in total. The van der Waals surface area contributed by atoms with Gasteiger partial charge in [0.05, 0.1) is 0 Å². The molecule has 0 aromatic carbocycles. The second-order valence-electron chi connectivity index (χ2n) is 3.70. The Morgan fingerprint density at radius 3 is 1.19 bits per heavy atom. The van der Waals surface area contributed by atoms with Crippen molar-refractivity contribution in [3.63, 3.8) is 0 Å². The lowest BCUT2D eigenvalue weighted by Gasteiger charge is -2.18. The van der Waals surface area contributed by atoms with Gasteiger partial charge < -0.3 is 9.80 Å². The molecule has 0 aliphatic carbocycles. The van der Waals surface area contributed by atoms with Crippen LogP contribution in [-0.4, -0.2) is 60.6 Å². The first-order chi connectivity index (χ1) is 7.78. The van der Waals surface area contributed by atoms with Crippen molar-refractivity contribution in [1.29, 1.82) is 0 Å². The fraction of sp³-hybridized carbons (Fsp3) is 1.00. The van der Waals surface area contributed by atoms with Gasteiger partial charge in [0.1, 0.15) is 0 Å². The molecule has 0 aromatic heterocycles. The molecule has 2 nitrogen and oxygen atoms in total. The maximum absolute atomic E-state index is 2.48. The summed E-state index contributed by atoms with van der Waals surface area (Å²) in [5.74, 6) is 2.51. The van der Waals surface area contributed by atoms with Crippen LogP contribution >= 0.6 is 21.6 Å². The van der Waals surface area contributed by atoms with Crippen LogP contribution in [0.3, 0.4) is 0 Å². The molecule has 0 heterocycles. The Morgan fingerprint density at radius 2 is 0.938 bits per heavy atom. The van der Waals surface area contributed by atoms with Crippen molar-refractivity contribution in [2.24, 2.45) is 0 Å². The summed E-state index contributed by atoms with van der Waals surface area (Å²) < 4.78 is 0. The average molecular weight is 272 g/mol. The standard InChI is InChI=1S/C12H28N2S2/c1-5-13(6-2)9-11-15-16-12-10-14(7-3)8-4/h5-12H2,1-4H3/i1+1,2+1,3+1,4+1,5+1,6+1,7+1,8+1. The van der Waals surface area contributed by atoms with Crippen molar-refractivity contribution in [3.05, 3.63) is 0 Å². The monoisotopic (exact) mass is 272 g/mol. The summed E-state index contributed by atoms with van der Waals surface area (Å²) in [5, 5.41) is 0. The number of rotatable bonds is 11. The normalized spacial score (nSPS) is 11.6. The minimum Gasteiger partial charge on any atom is -0.303 e. The molecule has 0 rings (SSSR count). The Bertz CT molecular complexity index is 121. The lowest BCUT2D eigenvalue weighted by Crippen LogP contribution is -2.26. The zero-order chi connectivity index (χ0) is 12.2. The number of hydrogen-bond donors (Lipinski definition) is 0. The van der Waals surface area contributed by atoms with Crippen molar-refractivity contribution in [3.8, 4) is 0 Å². The number of hydrogen-bond acceptors (Lipinski definition) is 4. The maximum atomic E-state index is 2.48. The van der Waals surface area contributed by atoms with E-state index in [0.717, 1.165) is 0 Å². The van der Waals surface area contributed by atoms with Crippen molar-refractivity contribution in [1.82, 2.24) is 9.80 Å². The van der Waals surface area contributed by atoms with Crippen LogP contribution in [0.1, 0.15) is 27.7 Å². The smallest absolute Gasteiger partial charge is 0.0165 e. The fourth-order valence-electron chi connectivity index (χ4n) is 1.53. The molecule has 0 radical (unpaired) electrons. The van der Waals surface area contributed by atoms with Crippen molar-refractivity contribution >= 4 is 21.6 Å². The molecule has 0 atom stereocenters. The highest BCUT2D eigenvalue weighted by atomic mass is 33.1. The van der Waals surface area contributed by atoms with Gasteiger partial charge >= 0.3 is 0 Å². The lowest BCUT2D eigenvalue weighted by molar-refractivity contribution is 0.323. The first kappa shape index (κ1) is 16.6. The molecular formula is C12H28N2S2. The van der Waals surface area contributed by atoms with Crippen molar-refractivity contribution < 1.29 is 0 Å². The summed E-state index contributed by atoms with van der Waals surface area (Å²) in [6, 6.07) is 0. The van der Waals surface area contributed by atoms with Crippen molar-refractivity contribution in [2.75, 3.05) is 50.8 Å². The first-order valence-electron chi connectivity index (χ1n) is 6.47. The summed E-state index contributed by atoms with van der Waals surface area (Å²) in [6.45, 7) is 16.1. The van der Waals surface area contributed by atoms with Gasteiger partial charge in [0.2, 0.25) is 0 Å². The predicted octanol–water partition coefficient (Wildman–Crippen LogP) is 3.05. The van der Waals surface area contributed by atoms with Gasteiger partial charge in [0.25, 0.3) is 0 Å². The van der Waals surface area contributed by atoms with E-state index in [4.69, 9.17) is 0 Å². The third kappa shape index (κ3) is 8.74. The summed E-state index contributed by atoms with van der Waals surface area (Å²) in [5.41, 5.74) is 0. The summed E-state index contributed by atoms with van der Waals surface area (Å²) in [7, 11) is 4.05. The van der Waals surface area contributed by atoms with E-state index in [9.17, 15) is 0 Å². The Morgan fingerprint density at radius 1 is 0.625 bits per heavy atom. The van der Waals surface area contributed by atoms with Gasteiger partial charge in [0, 0.05) is 24.6 Å². The summed E-state index contributed by atoms with van der Waals surface area (Å²) in [6.07, 6.45) is 0. The van der Waals surface area contributed by atoms with Crippen LogP contribution in [0, 0.1) is 0 Å². The second-order valence-corrected chi connectivity index (χ2v) is 6.40. The van der Waals surface area contributed by atoms with Crippen LogP contribution in [0.15, 0.2) is 0 Å². The van der Waals surface area contributed by atoms with Gasteiger partial charge in [-0.05, 0) is 26.2 Å². The molecule has 0 aromatic rings. The Kier molecular flexibility index (Phi) is 12.6. The summed E-state index contributed by atoms with van der Waals surface area (Å²) in [4.78, 5) is 4.97. The third-order valence-electron chi connectivity index (χ3n) is 2.85. The topological polar surface area (TPSA) is 6.48 Å². The second kappa shape index (κ2) is 12.1. The fourth-order valence-corrected chi connectivity index (χ4v) is 3.59. The molecule has 16 heavy (non-hydrogen) atoms. The number of nitrogens with zero attached hydrogens (tertiary/aromatic N) is 2. The molecule has 0 bridgehead atoms. The van der Waals surface area contributed by atoms with E-state index >= 15 is 0 Å². The highest BCUT2D eigenvalue weighted by Gasteiger charge is 2.00. The zero-order valence-corrected chi connectivity index (χ0v) is 13.0. The molecule has 0 aliphatic heterocycles. The molecule has 0 saturated heterocycles. The molecule has 0 fully saturated rings. The maximum Gasteiger partial charge on any atom is 0.0165 e. The lowest BCUT2D eigenvalue weighted by atomic mass is 10.7. The molecule has 0 saturated carbocycles. The van der Waals surface area contributed by atoms with E-state index in [1.54, 1.807) is 0 Å². The van der Waals surface area contributed by atoms with Gasteiger partial charge in [-0.1, -0.05) is 49.3 Å². The van der Waals surface area contributed by atoms with Gasteiger partial charge in [-0.2, -0.15) is 0 Å². The predicted molar refractivity (Wildman–Crippen MR) is 80.5 cm³/mol. The van der Waals surface area contributed by atoms with Crippen LogP contribution in [-0.2, 0) is 0 Å². The van der Waals surface area contributed by atoms with Gasteiger partial charge in [0.15, 0.2) is 0 Å². The highest BCUT2D eigenvalue weighted by molar-refractivity contribution is 8.76. The van der Waals surface area contributed by atoms with Crippen LogP contribution in [0.4, 0.5) is 0 Å². The first-order valence-corrected chi connectivity index (χ1v) is 8.96. The van der Waals surface area contributed by atoms with Crippen molar-refractivity contribution in [2.45, 2.75) is 27.7 Å². The van der Waals surface area contributed by atoms with Gasteiger partial charge in [-0.3, -0.25) is 0 Å². The molecule has 98 valence electrons. The molecule has 0 spiro atoms. The van der Waals surface area contributed by atoms with E-state index in [2.05, 4.69) is 37.5 Å². The van der Waals surface area contributed by atoms with Crippen LogP contribution in [0.5, 0.6) is 0 Å². The SMILES string of the molecule is [13CH3][13CH2]N(CCSSCCN([13CH2][13CH3])[13CH2][13CH3])[13CH2][13CH3]. The average Bonchev–Trinajstić information content (AvgIpc) is 2.33. The van der Waals surface area contributed by atoms with Gasteiger partial charge in [-0.25, -0.2) is 0 Å². The largest absolute Gasteiger partial charge is 0.303 e. The summed E-state index contributed by atoms with van der Waals surface area (Å²) >= 11 is 0. The van der Waals surface area contributed by atoms with E-state index in [-0.39, 0.29) is 0 Å². The van der Waals surface area contributed by atoms with Crippen LogP contribution in [0.25, 0.3) is 0 Å².